The number of carbonyl (C=O) groups is 2. The van der Waals surface area contributed by atoms with Crippen molar-refractivity contribution in [2.45, 2.75) is 20.0 Å². The van der Waals surface area contributed by atoms with Gasteiger partial charge in [-0.25, -0.2) is 0 Å². The Balaban J connectivity index is 2.77. The van der Waals surface area contributed by atoms with Crippen molar-refractivity contribution in [2.75, 3.05) is 6.61 Å². The Morgan fingerprint density at radius 2 is 1.76 bits per heavy atom. The van der Waals surface area contributed by atoms with E-state index in [1.54, 1.807) is 24.3 Å². The molecule has 0 aromatic heterocycles. The van der Waals surface area contributed by atoms with E-state index in [9.17, 15) is 9.59 Å². The molecule has 1 atom stereocenters. The lowest BCUT2D eigenvalue weighted by Crippen LogP contribution is -2.16. The Kier molecular flexibility index (Phi) is 4.97. The zero-order chi connectivity index (χ0) is 12.8. The molecule has 0 aliphatic rings. The first-order chi connectivity index (χ1) is 7.99. The van der Waals surface area contributed by atoms with Crippen LogP contribution in [0.5, 0.6) is 0 Å². The molecule has 0 N–H and O–H groups in total. The van der Waals surface area contributed by atoms with Crippen molar-refractivity contribution in [1.82, 2.24) is 0 Å². The monoisotopic (exact) mass is 256 g/mol. The quantitative estimate of drug-likeness (QED) is 0.777. The number of esters is 2. The molecule has 0 fully saturated rings. The molecule has 4 nitrogen and oxygen atoms in total. The summed E-state index contributed by atoms with van der Waals surface area (Å²) >= 11 is 5.76. The van der Waals surface area contributed by atoms with Gasteiger partial charge in [0.1, 0.15) is 6.61 Å². The Hall–Kier alpha value is -1.55. The number of rotatable bonds is 4. The summed E-state index contributed by atoms with van der Waals surface area (Å²) in [5.41, 5.74) is 0.728. The molecule has 5 heteroatoms. The second-order valence-electron chi connectivity index (χ2n) is 3.45. The smallest absolute Gasteiger partial charge is 0.303 e. The summed E-state index contributed by atoms with van der Waals surface area (Å²) in [5.74, 6) is -0.854. The lowest BCUT2D eigenvalue weighted by atomic mass is 10.1. The molecule has 0 saturated heterocycles. The van der Waals surface area contributed by atoms with Crippen LogP contribution in [0.25, 0.3) is 0 Å². The zero-order valence-electron chi connectivity index (χ0n) is 9.60. The van der Waals surface area contributed by atoms with Gasteiger partial charge in [0.25, 0.3) is 0 Å². The van der Waals surface area contributed by atoms with E-state index in [1.165, 1.54) is 13.8 Å². The molecular formula is C12H13ClO4. The summed E-state index contributed by atoms with van der Waals surface area (Å²) in [6.07, 6.45) is -0.603. The van der Waals surface area contributed by atoms with Crippen LogP contribution in [0.15, 0.2) is 24.3 Å². The molecule has 1 aromatic rings. The normalized spacial score (nSPS) is 11.7. The van der Waals surface area contributed by atoms with Gasteiger partial charge in [-0.15, -0.1) is 0 Å². The van der Waals surface area contributed by atoms with Crippen molar-refractivity contribution in [1.29, 1.82) is 0 Å². The van der Waals surface area contributed by atoms with Gasteiger partial charge in [0.05, 0.1) is 0 Å². The van der Waals surface area contributed by atoms with E-state index in [0.29, 0.717) is 5.02 Å². The van der Waals surface area contributed by atoms with Gasteiger partial charge in [0, 0.05) is 18.9 Å². The van der Waals surface area contributed by atoms with Crippen molar-refractivity contribution in [3.63, 3.8) is 0 Å². The number of hydrogen-bond donors (Lipinski definition) is 0. The molecular weight excluding hydrogens is 244 g/mol. The van der Waals surface area contributed by atoms with E-state index < -0.39 is 18.0 Å². The molecule has 0 aliphatic carbocycles. The van der Waals surface area contributed by atoms with Crippen LogP contribution in [0.1, 0.15) is 25.5 Å². The van der Waals surface area contributed by atoms with E-state index >= 15 is 0 Å². The summed E-state index contributed by atoms with van der Waals surface area (Å²) in [7, 11) is 0. The van der Waals surface area contributed by atoms with Gasteiger partial charge < -0.3 is 9.47 Å². The molecule has 0 unspecified atom stereocenters. The van der Waals surface area contributed by atoms with Crippen LogP contribution in [0.4, 0.5) is 0 Å². The number of ether oxygens (including phenoxy) is 2. The lowest BCUT2D eigenvalue weighted by molar-refractivity contribution is -0.156. The van der Waals surface area contributed by atoms with E-state index in [2.05, 4.69) is 0 Å². The standard InChI is InChI=1S/C12H13ClO4/c1-8(14)16-7-12(17-9(2)15)10-3-5-11(13)6-4-10/h3-6,12H,7H2,1-2H3/t12-/m1/s1. The molecule has 0 aliphatic heterocycles. The van der Waals surface area contributed by atoms with E-state index in [1.807, 2.05) is 0 Å². The SMILES string of the molecule is CC(=O)OC[C@@H](OC(C)=O)c1ccc(Cl)cc1. The third kappa shape index (κ3) is 4.87. The van der Waals surface area contributed by atoms with Gasteiger partial charge in [0.15, 0.2) is 6.10 Å². The third-order valence-electron chi connectivity index (χ3n) is 1.99. The molecule has 0 amide bonds. The summed E-state index contributed by atoms with van der Waals surface area (Å²) in [5, 5.41) is 0.586. The first-order valence-corrected chi connectivity index (χ1v) is 5.43. The van der Waals surface area contributed by atoms with Crippen LogP contribution in [0, 0.1) is 0 Å². The molecule has 0 spiro atoms. The fraction of sp³-hybridized carbons (Fsp3) is 0.333. The first kappa shape index (κ1) is 13.5. The summed E-state index contributed by atoms with van der Waals surface area (Å²) in [4.78, 5) is 21.7. The van der Waals surface area contributed by atoms with Crippen molar-refractivity contribution in [3.8, 4) is 0 Å². The Labute approximate surface area is 104 Å². The van der Waals surface area contributed by atoms with Gasteiger partial charge in [-0.05, 0) is 17.7 Å². The maximum Gasteiger partial charge on any atom is 0.303 e. The predicted molar refractivity (Wildman–Crippen MR) is 62.6 cm³/mol. The van der Waals surface area contributed by atoms with Crippen LogP contribution < -0.4 is 0 Å². The fourth-order valence-electron chi connectivity index (χ4n) is 1.27. The van der Waals surface area contributed by atoms with Crippen molar-refractivity contribution in [3.05, 3.63) is 34.9 Å². The van der Waals surface area contributed by atoms with Gasteiger partial charge in [0.2, 0.25) is 0 Å². The van der Waals surface area contributed by atoms with Crippen LogP contribution in [0.3, 0.4) is 0 Å². The van der Waals surface area contributed by atoms with E-state index in [-0.39, 0.29) is 6.61 Å². The molecule has 0 bridgehead atoms. The number of hydrogen-bond acceptors (Lipinski definition) is 4. The van der Waals surface area contributed by atoms with Crippen molar-refractivity contribution in [2.24, 2.45) is 0 Å². The molecule has 0 radical (unpaired) electrons. The van der Waals surface area contributed by atoms with Crippen LogP contribution in [-0.2, 0) is 19.1 Å². The summed E-state index contributed by atoms with van der Waals surface area (Å²) in [6.45, 7) is 2.60. The average Bonchev–Trinajstić information content (AvgIpc) is 2.25. The second kappa shape index (κ2) is 6.25. The highest BCUT2D eigenvalue weighted by molar-refractivity contribution is 6.30. The number of benzene rings is 1. The lowest BCUT2D eigenvalue weighted by Gasteiger charge is -2.17. The molecule has 0 saturated carbocycles. The minimum atomic E-state index is -0.603. The van der Waals surface area contributed by atoms with Crippen molar-refractivity contribution < 1.29 is 19.1 Å². The van der Waals surface area contributed by atoms with E-state index in [0.717, 1.165) is 5.56 Å². The highest BCUT2D eigenvalue weighted by atomic mass is 35.5. The summed E-state index contributed by atoms with van der Waals surface area (Å²) in [6, 6.07) is 6.81. The van der Waals surface area contributed by atoms with Crippen LogP contribution >= 0.6 is 11.6 Å². The van der Waals surface area contributed by atoms with E-state index in [4.69, 9.17) is 21.1 Å². The van der Waals surface area contributed by atoms with Gasteiger partial charge >= 0.3 is 11.9 Å². The summed E-state index contributed by atoms with van der Waals surface area (Å²) < 4.78 is 9.91. The average molecular weight is 257 g/mol. The zero-order valence-corrected chi connectivity index (χ0v) is 10.4. The molecule has 1 aromatic carbocycles. The largest absolute Gasteiger partial charge is 0.462 e. The maximum atomic E-state index is 11.0. The molecule has 92 valence electrons. The van der Waals surface area contributed by atoms with Crippen LogP contribution in [0.2, 0.25) is 5.02 Å². The Bertz CT molecular complexity index is 399. The molecule has 17 heavy (non-hydrogen) atoms. The fourth-order valence-corrected chi connectivity index (χ4v) is 1.40. The number of halogens is 1. The Morgan fingerprint density at radius 3 is 2.24 bits per heavy atom. The Morgan fingerprint density at radius 1 is 1.18 bits per heavy atom. The highest BCUT2D eigenvalue weighted by Gasteiger charge is 2.16. The number of carbonyl (C=O) groups excluding carboxylic acids is 2. The molecule has 1 rings (SSSR count). The van der Waals surface area contributed by atoms with Gasteiger partial charge in [-0.2, -0.15) is 0 Å². The maximum absolute atomic E-state index is 11.0. The second-order valence-corrected chi connectivity index (χ2v) is 3.89. The third-order valence-corrected chi connectivity index (χ3v) is 2.24. The minimum Gasteiger partial charge on any atom is -0.462 e. The van der Waals surface area contributed by atoms with Gasteiger partial charge in [-0.3, -0.25) is 9.59 Å². The first-order valence-electron chi connectivity index (χ1n) is 5.05. The molecule has 0 heterocycles. The topological polar surface area (TPSA) is 52.6 Å². The highest BCUT2D eigenvalue weighted by Crippen LogP contribution is 2.20. The predicted octanol–water partition coefficient (Wildman–Crippen LogP) is 2.51. The van der Waals surface area contributed by atoms with Gasteiger partial charge in [-0.1, -0.05) is 23.7 Å². The minimum absolute atomic E-state index is 0.00343. The van der Waals surface area contributed by atoms with Crippen molar-refractivity contribution >= 4 is 23.5 Å². The van der Waals surface area contributed by atoms with Crippen LogP contribution in [-0.4, -0.2) is 18.5 Å².